The van der Waals surface area contributed by atoms with Crippen molar-refractivity contribution >= 4 is 0 Å². The van der Waals surface area contributed by atoms with Gasteiger partial charge < -0.3 is 4.90 Å². The summed E-state index contributed by atoms with van der Waals surface area (Å²) in [5.74, 6) is -0.396. The van der Waals surface area contributed by atoms with Crippen molar-refractivity contribution in [3.05, 3.63) is 29.8 Å². The molecule has 4 heteroatoms. The van der Waals surface area contributed by atoms with E-state index in [1.54, 1.807) is 6.20 Å². The molecule has 0 aliphatic carbocycles. The molecule has 3 fully saturated rings. The number of piperazine rings is 1. The lowest BCUT2D eigenvalue weighted by atomic mass is 9.87. The number of fused-ring (bicyclic) bond motifs is 2. The van der Waals surface area contributed by atoms with E-state index >= 15 is 0 Å². The van der Waals surface area contributed by atoms with Crippen LogP contribution >= 0.6 is 0 Å². The van der Waals surface area contributed by atoms with Crippen LogP contribution in [0, 0.1) is 5.95 Å². The summed E-state index contributed by atoms with van der Waals surface area (Å²) in [6, 6.07) is 4.65. The van der Waals surface area contributed by atoms with E-state index in [1.165, 1.54) is 12.5 Å². The van der Waals surface area contributed by atoms with Crippen LogP contribution < -0.4 is 0 Å². The molecule has 4 heterocycles. The van der Waals surface area contributed by atoms with Gasteiger partial charge in [0.2, 0.25) is 5.95 Å². The van der Waals surface area contributed by atoms with Crippen LogP contribution in [0.4, 0.5) is 4.39 Å². The fraction of sp³-hybridized carbons (Fsp3) is 0.583. The fourth-order valence-corrected chi connectivity index (χ4v) is 2.87. The minimum atomic E-state index is -0.396. The van der Waals surface area contributed by atoms with Crippen LogP contribution in [0.5, 0.6) is 0 Å². The number of likely N-dealkylation sites (N-methyl/N-ethyl adjacent to an activating group) is 1. The van der Waals surface area contributed by atoms with E-state index in [0.29, 0.717) is 12.1 Å². The first kappa shape index (κ1) is 10.2. The number of pyridine rings is 1. The Kier molecular flexibility index (Phi) is 2.41. The van der Waals surface area contributed by atoms with Crippen molar-refractivity contribution < 1.29 is 4.39 Å². The third-order valence-corrected chi connectivity index (χ3v) is 3.68. The highest BCUT2D eigenvalue weighted by atomic mass is 19.1. The topological polar surface area (TPSA) is 19.4 Å². The average molecular weight is 221 g/mol. The Hall–Kier alpha value is -1.00. The molecule has 0 spiro atoms. The lowest BCUT2D eigenvalue weighted by Gasteiger charge is -2.55. The Bertz CT molecular complexity index is 366. The molecule has 0 amide bonds. The zero-order chi connectivity index (χ0) is 11.1. The molecule has 1 aromatic rings. The van der Waals surface area contributed by atoms with Gasteiger partial charge in [-0.3, -0.25) is 4.90 Å². The molecule has 16 heavy (non-hydrogen) atoms. The zero-order valence-electron chi connectivity index (χ0n) is 9.43. The van der Waals surface area contributed by atoms with Gasteiger partial charge in [0.05, 0.1) is 0 Å². The number of hydrogen-bond acceptors (Lipinski definition) is 3. The van der Waals surface area contributed by atoms with Crippen molar-refractivity contribution in [1.29, 1.82) is 0 Å². The Labute approximate surface area is 94.9 Å². The van der Waals surface area contributed by atoms with Crippen LogP contribution in [0.3, 0.4) is 0 Å². The van der Waals surface area contributed by atoms with Gasteiger partial charge in [-0.25, -0.2) is 4.98 Å². The number of halogens is 1. The van der Waals surface area contributed by atoms with Gasteiger partial charge >= 0.3 is 0 Å². The summed E-state index contributed by atoms with van der Waals surface area (Å²) in [5.41, 5.74) is 1.11. The van der Waals surface area contributed by atoms with Gasteiger partial charge in [-0.15, -0.1) is 0 Å². The van der Waals surface area contributed by atoms with Crippen LogP contribution in [0.2, 0.25) is 0 Å². The van der Waals surface area contributed by atoms with E-state index in [4.69, 9.17) is 0 Å². The van der Waals surface area contributed by atoms with E-state index in [9.17, 15) is 4.39 Å². The van der Waals surface area contributed by atoms with Crippen LogP contribution in [-0.4, -0.2) is 47.0 Å². The quantitative estimate of drug-likeness (QED) is 0.697. The number of nitrogens with zero attached hydrogens (tertiary/aromatic N) is 3. The van der Waals surface area contributed by atoms with Crippen molar-refractivity contribution in [1.82, 2.24) is 14.8 Å². The Morgan fingerprint density at radius 2 is 2.12 bits per heavy atom. The van der Waals surface area contributed by atoms with Crippen LogP contribution in [0.25, 0.3) is 0 Å². The summed E-state index contributed by atoms with van der Waals surface area (Å²) >= 11 is 0. The van der Waals surface area contributed by atoms with Gasteiger partial charge in [0.15, 0.2) is 0 Å². The second-order valence-electron chi connectivity index (χ2n) is 4.93. The summed E-state index contributed by atoms with van der Waals surface area (Å²) in [6.45, 7) is 3.23. The molecule has 2 bridgehead atoms. The molecule has 0 radical (unpaired) electrons. The maximum atomic E-state index is 12.7. The first-order chi connectivity index (χ1) is 7.72. The first-order valence-electron chi connectivity index (χ1n) is 5.77. The minimum Gasteiger partial charge on any atom is -0.303 e. The van der Waals surface area contributed by atoms with Crippen molar-refractivity contribution in [2.75, 3.05) is 20.1 Å². The lowest BCUT2D eigenvalue weighted by molar-refractivity contribution is -0.0668. The van der Waals surface area contributed by atoms with Gasteiger partial charge in [0.25, 0.3) is 0 Å². The molecule has 3 aliphatic heterocycles. The van der Waals surface area contributed by atoms with E-state index < -0.39 is 5.95 Å². The van der Waals surface area contributed by atoms with Crippen molar-refractivity contribution in [2.24, 2.45) is 0 Å². The van der Waals surface area contributed by atoms with Crippen LogP contribution in [-0.2, 0) is 6.54 Å². The Balaban J connectivity index is 1.66. The van der Waals surface area contributed by atoms with E-state index in [1.807, 2.05) is 6.07 Å². The summed E-state index contributed by atoms with van der Waals surface area (Å²) in [6.07, 6.45) is 2.96. The third-order valence-electron chi connectivity index (χ3n) is 3.68. The van der Waals surface area contributed by atoms with Crippen molar-refractivity contribution in [3.63, 3.8) is 0 Å². The highest BCUT2D eigenvalue weighted by molar-refractivity contribution is 5.12. The maximum absolute atomic E-state index is 12.7. The van der Waals surface area contributed by atoms with Crippen LogP contribution in [0.1, 0.15) is 12.0 Å². The largest absolute Gasteiger partial charge is 0.303 e. The molecule has 3 nitrogen and oxygen atoms in total. The van der Waals surface area contributed by atoms with E-state index in [0.717, 1.165) is 25.2 Å². The van der Waals surface area contributed by atoms with Gasteiger partial charge in [-0.05, 0) is 25.1 Å². The molecule has 2 unspecified atom stereocenters. The Morgan fingerprint density at radius 3 is 2.75 bits per heavy atom. The highest BCUT2D eigenvalue weighted by Crippen LogP contribution is 2.32. The van der Waals surface area contributed by atoms with E-state index in [2.05, 4.69) is 21.8 Å². The summed E-state index contributed by atoms with van der Waals surface area (Å²) in [4.78, 5) is 8.59. The summed E-state index contributed by atoms with van der Waals surface area (Å²) in [7, 11) is 2.18. The SMILES string of the molecule is CN1CC2CC(C1)N2Cc1ccc(F)nc1. The van der Waals surface area contributed by atoms with E-state index in [-0.39, 0.29) is 0 Å². The number of hydrogen-bond donors (Lipinski definition) is 0. The second-order valence-corrected chi connectivity index (χ2v) is 4.93. The molecular weight excluding hydrogens is 205 g/mol. The molecule has 1 aromatic heterocycles. The standard InChI is InChI=1S/C12H16FN3/c1-15-7-10-4-11(8-15)16(10)6-9-2-3-12(13)14-5-9/h2-3,5,10-11H,4,6-8H2,1H3. The van der Waals surface area contributed by atoms with Crippen LogP contribution in [0.15, 0.2) is 18.3 Å². The summed E-state index contributed by atoms with van der Waals surface area (Å²) < 4.78 is 12.7. The highest BCUT2D eigenvalue weighted by Gasteiger charge is 2.42. The fourth-order valence-electron chi connectivity index (χ4n) is 2.87. The molecule has 0 aromatic carbocycles. The number of aromatic nitrogens is 1. The monoisotopic (exact) mass is 221 g/mol. The summed E-state index contributed by atoms with van der Waals surface area (Å²) in [5, 5.41) is 0. The van der Waals surface area contributed by atoms with Gasteiger partial charge in [-0.1, -0.05) is 6.07 Å². The molecule has 3 saturated heterocycles. The smallest absolute Gasteiger partial charge is 0.212 e. The van der Waals surface area contributed by atoms with Crippen molar-refractivity contribution in [3.8, 4) is 0 Å². The number of piperidine rings is 1. The van der Waals surface area contributed by atoms with Gasteiger partial charge in [0, 0.05) is 37.9 Å². The number of rotatable bonds is 2. The lowest BCUT2D eigenvalue weighted by Crippen LogP contribution is -2.67. The molecule has 4 rings (SSSR count). The predicted molar refractivity (Wildman–Crippen MR) is 59.4 cm³/mol. The van der Waals surface area contributed by atoms with Crippen molar-refractivity contribution in [2.45, 2.75) is 25.0 Å². The normalized spacial score (nSPS) is 30.1. The first-order valence-corrected chi connectivity index (χ1v) is 5.77. The molecule has 3 aliphatic rings. The minimum absolute atomic E-state index is 0.396. The molecule has 86 valence electrons. The maximum Gasteiger partial charge on any atom is 0.212 e. The predicted octanol–water partition coefficient (Wildman–Crippen LogP) is 1.11. The van der Waals surface area contributed by atoms with Gasteiger partial charge in [0.1, 0.15) is 0 Å². The molecule has 2 atom stereocenters. The molecule has 0 N–H and O–H groups in total. The third kappa shape index (κ3) is 1.72. The molecule has 0 saturated carbocycles. The molecular formula is C12H16FN3. The average Bonchev–Trinajstić information content (AvgIpc) is 2.28. The second kappa shape index (κ2) is 3.79. The Morgan fingerprint density at radius 1 is 1.38 bits per heavy atom. The van der Waals surface area contributed by atoms with Gasteiger partial charge in [-0.2, -0.15) is 4.39 Å². The zero-order valence-corrected chi connectivity index (χ0v) is 9.43.